The number of aromatic amines is 2. The largest absolute Gasteiger partial charge is 0.369 e. The van der Waals surface area contributed by atoms with Crippen LogP contribution < -0.4 is 0 Å². The molecule has 8 rings (SSSR count). The number of aromatic nitrogens is 7. The van der Waals surface area contributed by atoms with Gasteiger partial charge in [0.1, 0.15) is 11.2 Å². The van der Waals surface area contributed by atoms with Crippen LogP contribution in [0.25, 0.3) is 33.1 Å². The van der Waals surface area contributed by atoms with E-state index in [0.29, 0.717) is 11.1 Å². The third-order valence-electron chi connectivity index (χ3n) is 9.58. The highest BCUT2D eigenvalue weighted by molar-refractivity contribution is 7.08. The molecule has 0 atom stereocenters. The van der Waals surface area contributed by atoms with Gasteiger partial charge in [-0.3, -0.25) is 0 Å². The van der Waals surface area contributed by atoms with E-state index in [0.717, 1.165) is 23.4 Å². The first kappa shape index (κ1) is 77.9. The fourth-order valence-electron chi connectivity index (χ4n) is 6.03. The highest BCUT2D eigenvalue weighted by Crippen LogP contribution is 2.29. The summed E-state index contributed by atoms with van der Waals surface area (Å²) in [4.78, 5) is 14.4. The second-order valence-corrected chi connectivity index (χ2v) is 20.5. The third kappa shape index (κ3) is 29.8. The van der Waals surface area contributed by atoms with Gasteiger partial charge in [-0.05, 0) is 134 Å². The molecule has 0 saturated heterocycles. The van der Waals surface area contributed by atoms with Gasteiger partial charge in [-0.25, -0.2) is 9.97 Å². The Morgan fingerprint density at radius 3 is 1.54 bits per heavy atom. The van der Waals surface area contributed by atoms with Gasteiger partial charge >= 0.3 is 0 Å². The van der Waals surface area contributed by atoms with Gasteiger partial charge in [-0.2, -0.15) is 21.6 Å². The summed E-state index contributed by atoms with van der Waals surface area (Å²) >= 11 is 1.77. The van der Waals surface area contributed by atoms with Crippen molar-refractivity contribution < 1.29 is 0 Å². The van der Waals surface area contributed by atoms with Crippen LogP contribution in [0.3, 0.4) is 0 Å². The molecule has 0 saturated carbocycles. The molecule has 1 aromatic carbocycles. The van der Waals surface area contributed by atoms with Gasteiger partial charge in [0.2, 0.25) is 5.65 Å². The molecule has 422 valence electrons. The molecule has 0 spiro atoms. The number of fused-ring (bicyclic) bond motifs is 3. The first-order valence-corrected chi connectivity index (χ1v) is 29.2. The lowest BCUT2D eigenvalue weighted by atomic mass is 9.86. The number of benzene rings is 1. The molecule has 1 aliphatic heterocycles. The van der Waals surface area contributed by atoms with Crippen LogP contribution in [-0.2, 0) is 21.8 Å². The molecule has 2 N–H and O–H groups in total. The topological polar surface area (TPSA) is 91.3 Å². The lowest BCUT2D eigenvalue weighted by Crippen LogP contribution is -2.37. The van der Waals surface area contributed by atoms with Gasteiger partial charge in [0.15, 0.2) is 0 Å². The van der Waals surface area contributed by atoms with Crippen LogP contribution in [0.15, 0.2) is 114 Å². The molecule has 74 heavy (non-hydrogen) atoms. The van der Waals surface area contributed by atoms with Gasteiger partial charge in [0, 0.05) is 58.2 Å². The van der Waals surface area contributed by atoms with Crippen molar-refractivity contribution in [1.82, 2.24) is 39.8 Å². The second-order valence-electron chi connectivity index (χ2n) is 19.7. The first-order valence-electron chi connectivity index (χ1n) is 28.3. The van der Waals surface area contributed by atoms with Crippen LogP contribution >= 0.6 is 11.3 Å². The van der Waals surface area contributed by atoms with E-state index in [1.807, 2.05) is 141 Å². The Bertz CT molecular complexity index is 2350. The number of rotatable bonds is 0. The summed E-state index contributed by atoms with van der Waals surface area (Å²) in [6.07, 6.45) is 14.4. The molecule has 0 fully saturated rings. The van der Waals surface area contributed by atoms with Crippen LogP contribution in [-0.4, -0.2) is 51.9 Å². The minimum Gasteiger partial charge on any atom is -0.369 e. The number of hydrogen-bond acceptors (Lipinski definition) is 6. The SMILES string of the molecule is CC.CC.CC.CC.CC.CC.CC.CC.CC(C)(C)N1C=CC=CC1.CC(C)(C)c1ccc2n[nH]nc2n1.CC(C)(C)c1cccc2cc[nH]c12.CC(C)(C)c1ccsc1.CC(C)(C)n1ccc2cccnc21. The Morgan fingerprint density at radius 2 is 1.11 bits per heavy atom. The summed E-state index contributed by atoms with van der Waals surface area (Å²) in [7, 11) is 0. The van der Waals surface area contributed by atoms with Crippen LogP contribution in [0.4, 0.5) is 0 Å². The van der Waals surface area contributed by atoms with Crippen LogP contribution in [0.2, 0.25) is 0 Å². The van der Waals surface area contributed by atoms with E-state index in [4.69, 9.17) is 0 Å². The molecular formula is C65H116N8S. The van der Waals surface area contributed by atoms with Crippen molar-refractivity contribution in [2.75, 3.05) is 6.54 Å². The van der Waals surface area contributed by atoms with Gasteiger partial charge in [0.25, 0.3) is 0 Å². The Kier molecular flexibility index (Phi) is 44.4. The molecule has 0 unspecified atom stereocenters. The number of pyridine rings is 2. The zero-order valence-corrected chi connectivity index (χ0v) is 54.6. The summed E-state index contributed by atoms with van der Waals surface area (Å²) in [5.41, 5.74) is 8.68. The lowest BCUT2D eigenvalue weighted by Gasteiger charge is -2.34. The number of allylic oxidation sites excluding steroid dienone is 2. The van der Waals surface area contributed by atoms with E-state index in [-0.39, 0.29) is 21.9 Å². The van der Waals surface area contributed by atoms with E-state index in [2.05, 4.69) is 228 Å². The fourth-order valence-corrected chi connectivity index (χ4v) is 6.91. The zero-order valence-electron chi connectivity index (χ0n) is 53.8. The Hall–Kier alpha value is -5.02. The van der Waals surface area contributed by atoms with Gasteiger partial charge in [-0.1, -0.05) is 203 Å². The molecular weight excluding hydrogens is 925 g/mol. The quantitative estimate of drug-likeness (QED) is 0.158. The number of H-pyrrole nitrogens is 2. The Morgan fingerprint density at radius 1 is 0.541 bits per heavy atom. The predicted octanol–water partition coefficient (Wildman–Crippen LogP) is 21.3. The number of para-hydroxylation sites is 1. The molecule has 9 heteroatoms. The number of nitrogens with zero attached hydrogens (tertiary/aromatic N) is 6. The predicted molar refractivity (Wildman–Crippen MR) is 341 cm³/mol. The number of nitrogens with one attached hydrogen (secondary N) is 2. The number of hydrogen-bond donors (Lipinski definition) is 2. The van der Waals surface area contributed by atoms with Crippen LogP contribution in [0.1, 0.15) is 231 Å². The summed E-state index contributed by atoms with van der Waals surface area (Å²) in [6.45, 7) is 66.0. The average molecular weight is 1040 g/mol. The smallest absolute Gasteiger partial charge is 0.201 e. The highest BCUT2D eigenvalue weighted by Gasteiger charge is 2.19. The van der Waals surface area contributed by atoms with E-state index in [1.54, 1.807) is 11.3 Å². The maximum atomic E-state index is 4.40. The summed E-state index contributed by atoms with van der Waals surface area (Å²) in [5, 5.41) is 17.3. The summed E-state index contributed by atoms with van der Waals surface area (Å²) in [5.74, 6) is 0. The second kappa shape index (κ2) is 42.2. The van der Waals surface area contributed by atoms with Crippen molar-refractivity contribution in [2.24, 2.45) is 0 Å². The molecule has 0 radical (unpaired) electrons. The van der Waals surface area contributed by atoms with Crippen molar-refractivity contribution in [3.05, 3.63) is 131 Å². The molecule has 0 bridgehead atoms. The van der Waals surface area contributed by atoms with E-state index < -0.39 is 0 Å². The van der Waals surface area contributed by atoms with E-state index in [9.17, 15) is 0 Å². The number of thiophene rings is 1. The molecule has 7 aromatic rings. The normalized spacial score (nSPS) is 11.0. The first-order chi connectivity index (χ1) is 35.0. The standard InChI is InChI=1S/C12H15N.C11H14N2.C9H12N4.C9H15N.C8H12S.8C2H6/c1-12(2,3)10-6-4-5-9-7-8-13-11(9)10;1-11(2,3)13-8-6-9-5-4-7-12-10(9)13;1-9(2,3)7-5-4-6-8(10-7)12-13-11-6;1-9(2,3)10-7-5-4-6-8-10;1-8(2,3)7-4-5-9-6-7;8*1-2/h4-8,13H,1-3H3;4-8H,1-3H3;4-5H,1-3H3,(H,10,11,12,13);4-7H,8H2,1-3H3;4-6H,1-3H3;8*1-2H3. The maximum absolute atomic E-state index is 4.40. The van der Waals surface area contributed by atoms with Gasteiger partial charge in [-0.15, -0.1) is 5.10 Å². The fraction of sp³-hybridized carbons (Fsp3) is 0.569. The van der Waals surface area contributed by atoms with Crippen molar-refractivity contribution >= 4 is 44.4 Å². The monoisotopic (exact) mass is 1040 g/mol. The molecule has 0 aliphatic carbocycles. The molecule has 8 nitrogen and oxygen atoms in total. The van der Waals surface area contributed by atoms with E-state index >= 15 is 0 Å². The third-order valence-corrected chi connectivity index (χ3v) is 10.3. The summed E-state index contributed by atoms with van der Waals surface area (Å²) in [6, 6.07) is 20.8. The Labute approximate surface area is 461 Å². The van der Waals surface area contributed by atoms with E-state index in [1.165, 1.54) is 27.4 Å². The molecule has 6 aromatic heterocycles. The maximum Gasteiger partial charge on any atom is 0.201 e. The molecule has 0 amide bonds. The zero-order chi connectivity index (χ0) is 58.9. The minimum atomic E-state index is 0.0626. The minimum absolute atomic E-state index is 0.0626. The van der Waals surface area contributed by atoms with Crippen LogP contribution in [0, 0.1) is 0 Å². The van der Waals surface area contributed by atoms with Crippen molar-refractivity contribution in [3.63, 3.8) is 0 Å². The molecule has 7 heterocycles. The van der Waals surface area contributed by atoms with Gasteiger partial charge < -0.3 is 14.5 Å². The molecule has 1 aliphatic rings. The van der Waals surface area contributed by atoms with Crippen molar-refractivity contribution in [3.8, 4) is 0 Å². The highest BCUT2D eigenvalue weighted by atomic mass is 32.1. The van der Waals surface area contributed by atoms with Gasteiger partial charge in [0.05, 0.1) is 0 Å². The lowest BCUT2D eigenvalue weighted by molar-refractivity contribution is 0.224. The average Bonchev–Trinajstić information content (AvgIpc) is 4.27. The summed E-state index contributed by atoms with van der Waals surface area (Å²) < 4.78 is 2.20. The van der Waals surface area contributed by atoms with Crippen molar-refractivity contribution in [1.29, 1.82) is 0 Å². The van der Waals surface area contributed by atoms with Crippen molar-refractivity contribution in [2.45, 2.75) is 242 Å². The van der Waals surface area contributed by atoms with Crippen LogP contribution in [0.5, 0.6) is 0 Å². The Balaban J connectivity index is -0.000000252.